The Balaban J connectivity index is 2.04. The van der Waals surface area contributed by atoms with E-state index in [1.807, 2.05) is 0 Å². The Hall–Kier alpha value is -1.50. The summed E-state index contributed by atoms with van der Waals surface area (Å²) in [5, 5.41) is 15.8. The summed E-state index contributed by atoms with van der Waals surface area (Å²) < 4.78 is 10.8. The Morgan fingerprint density at radius 3 is 2.95 bits per heavy atom. The van der Waals surface area contributed by atoms with Crippen molar-refractivity contribution in [3.8, 4) is 11.5 Å². The third-order valence-electron chi connectivity index (χ3n) is 2.83. The molecule has 20 heavy (non-hydrogen) atoms. The molecule has 1 atom stereocenters. The van der Waals surface area contributed by atoms with Gasteiger partial charge in [-0.1, -0.05) is 11.6 Å². The highest BCUT2D eigenvalue weighted by atomic mass is 35.5. The summed E-state index contributed by atoms with van der Waals surface area (Å²) in [4.78, 5) is 11.3. The number of carbonyl (C=O) groups is 1. The van der Waals surface area contributed by atoms with Crippen molar-refractivity contribution in [2.75, 3.05) is 33.4 Å². The molecule has 110 valence electrons. The van der Waals surface area contributed by atoms with Gasteiger partial charge in [0.15, 0.2) is 11.5 Å². The molecule has 0 saturated carbocycles. The number of hydrogen-bond acceptors (Lipinski definition) is 5. The zero-order chi connectivity index (χ0) is 14.5. The number of hydrogen-bond donors (Lipinski definition) is 3. The van der Waals surface area contributed by atoms with E-state index in [1.165, 1.54) is 0 Å². The summed E-state index contributed by atoms with van der Waals surface area (Å²) in [6, 6.07) is 3.29. The van der Waals surface area contributed by atoms with E-state index in [1.54, 1.807) is 19.2 Å². The highest BCUT2D eigenvalue weighted by molar-refractivity contribution is 6.32. The Morgan fingerprint density at radius 2 is 2.20 bits per heavy atom. The van der Waals surface area contributed by atoms with E-state index in [0.717, 1.165) is 0 Å². The van der Waals surface area contributed by atoms with E-state index in [9.17, 15) is 9.90 Å². The fourth-order valence-corrected chi connectivity index (χ4v) is 2.15. The minimum Gasteiger partial charge on any atom is -0.486 e. The van der Waals surface area contributed by atoms with Gasteiger partial charge in [0.1, 0.15) is 13.2 Å². The number of likely N-dealkylation sites (N-methyl/N-ethyl adjacent to an activating group) is 1. The maximum Gasteiger partial charge on any atom is 0.234 e. The molecule has 1 heterocycles. The van der Waals surface area contributed by atoms with Crippen molar-refractivity contribution in [3.63, 3.8) is 0 Å². The lowest BCUT2D eigenvalue weighted by molar-refractivity contribution is -0.120. The smallest absolute Gasteiger partial charge is 0.234 e. The number of amides is 1. The van der Waals surface area contributed by atoms with E-state index in [0.29, 0.717) is 35.3 Å². The van der Waals surface area contributed by atoms with E-state index in [-0.39, 0.29) is 19.0 Å². The standard InChI is InChI=1S/C13H17ClN2O4/c1-15-7-12(18)16-6-10(17)8-4-9(14)13-11(5-8)19-2-3-20-13/h4-5,10,15,17H,2-3,6-7H2,1H3,(H,16,18). The quantitative estimate of drug-likeness (QED) is 0.737. The maximum absolute atomic E-state index is 11.3. The van der Waals surface area contributed by atoms with Crippen LogP contribution in [-0.4, -0.2) is 44.4 Å². The second kappa shape index (κ2) is 6.78. The fourth-order valence-electron chi connectivity index (χ4n) is 1.87. The van der Waals surface area contributed by atoms with Crippen LogP contribution >= 0.6 is 11.6 Å². The summed E-state index contributed by atoms with van der Waals surface area (Å²) in [6.45, 7) is 1.21. The van der Waals surface area contributed by atoms with Crippen LogP contribution in [0.5, 0.6) is 11.5 Å². The Bertz CT molecular complexity index is 496. The van der Waals surface area contributed by atoms with Crippen LogP contribution in [0.2, 0.25) is 5.02 Å². The van der Waals surface area contributed by atoms with Gasteiger partial charge in [0.25, 0.3) is 0 Å². The van der Waals surface area contributed by atoms with Gasteiger partial charge in [-0.25, -0.2) is 0 Å². The average Bonchev–Trinajstić information content (AvgIpc) is 2.45. The SMILES string of the molecule is CNCC(=O)NCC(O)c1cc(Cl)c2c(c1)OCCO2. The first-order valence-electron chi connectivity index (χ1n) is 6.30. The summed E-state index contributed by atoms with van der Waals surface area (Å²) in [5.74, 6) is 0.822. The second-order valence-corrected chi connectivity index (χ2v) is 4.78. The van der Waals surface area contributed by atoms with Crippen LogP contribution in [0.3, 0.4) is 0 Å². The Kier molecular flexibility index (Phi) is 5.05. The van der Waals surface area contributed by atoms with Crippen molar-refractivity contribution in [2.24, 2.45) is 0 Å². The summed E-state index contributed by atoms with van der Waals surface area (Å²) in [7, 11) is 1.68. The highest BCUT2D eigenvalue weighted by Gasteiger charge is 2.19. The van der Waals surface area contributed by atoms with Gasteiger partial charge in [-0.15, -0.1) is 0 Å². The molecule has 2 rings (SSSR count). The molecule has 0 aromatic heterocycles. The molecule has 1 amide bonds. The first-order chi connectivity index (χ1) is 9.61. The van der Waals surface area contributed by atoms with Gasteiger partial charge in [0, 0.05) is 6.54 Å². The number of halogens is 1. The summed E-state index contributed by atoms with van der Waals surface area (Å²) in [6.07, 6.45) is -0.857. The number of carbonyl (C=O) groups excluding carboxylic acids is 1. The van der Waals surface area contributed by atoms with Crippen LogP contribution in [0.25, 0.3) is 0 Å². The minimum absolute atomic E-state index is 0.108. The van der Waals surface area contributed by atoms with Crippen LogP contribution in [0.4, 0.5) is 0 Å². The number of fused-ring (bicyclic) bond motifs is 1. The molecule has 1 aliphatic heterocycles. The zero-order valence-corrected chi connectivity index (χ0v) is 11.9. The monoisotopic (exact) mass is 300 g/mol. The third-order valence-corrected chi connectivity index (χ3v) is 3.11. The van der Waals surface area contributed by atoms with Gasteiger partial charge in [-0.3, -0.25) is 4.79 Å². The van der Waals surface area contributed by atoms with E-state index < -0.39 is 6.10 Å². The first-order valence-corrected chi connectivity index (χ1v) is 6.68. The van der Waals surface area contributed by atoms with Gasteiger partial charge < -0.3 is 25.2 Å². The van der Waals surface area contributed by atoms with Crippen LogP contribution < -0.4 is 20.1 Å². The van der Waals surface area contributed by atoms with Crippen molar-refractivity contribution >= 4 is 17.5 Å². The molecule has 0 aliphatic carbocycles. The average molecular weight is 301 g/mol. The predicted molar refractivity (Wildman–Crippen MR) is 74.3 cm³/mol. The molecule has 3 N–H and O–H groups in total. The summed E-state index contributed by atoms with van der Waals surface area (Å²) in [5.41, 5.74) is 0.573. The minimum atomic E-state index is -0.857. The van der Waals surface area contributed by atoms with Gasteiger partial charge in [-0.2, -0.15) is 0 Å². The van der Waals surface area contributed by atoms with Gasteiger partial charge in [0.2, 0.25) is 5.91 Å². The number of benzene rings is 1. The van der Waals surface area contributed by atoms with Crippen molar-refractivity contribution in [3.05, 3.63) is 22.7 Å². The molecule has 0 fully saturated rings. The number of aliphatic hydroxyl groups is 1. The lowest BCUT2D eigenvalue weighted by atomic mass is 10.1. The normalized spacial score (nSPS) is 14.8. The topological polar surface area (TPSA) is 79.8 Å². The zero-order valence-electron chi connectivity index (χ0n) is 11.1. The predicted octanol–water partition coefficient (Wildman–Crippen LogP) is 0.480. The molecule has 1 aliphatic rings. The van der Waals surface area contributed by atoms with Gasteiger partial charge >= 0.3 is 0 Å². The largest absolute Gasteiger partial charge is 0.486 e. The molecule has 1 unspecified atom stereocenters. The van der Waals surface area contributed by atoms with Gasteiger partial charge in [0.05, 0.1) is 17.7 Å². The van der Waals surface area contributed by atoms with E-state index in [2.05, 4.69) is 10.6 Å². The van der Waals surface area contributed by atoms with Crippen LogP contribution in [0.1, 0.15) is 11.7 Å². The van der Waals surface area contributed by atoms with E-state index >= 15 is 0 Å². The van der Waals surface area contributed by atoms with Crippen molar-refractivity contribution < 1.29 is 19.4 Å². The van der Waals surface area contributed by atoms with E-state index in [4.69, 9.17) is 21.1 Å². The molecular formula is C13H17ClN2O4. The Labute approximate surface area is 122 Å². The number of rotatable bonds is 5. The van der Waals surface area contributed by atoms with Crippen LogP contribution in [0, 0.1) is 0 Å². The number of nitrogens with one attached hydrogen (secondary N) is 2. The first kappa shape index (κ1) is 14.9. The Morgan fingerprint density at radius 1 is 1.45 bits per heavy atom. The number of aliphatic hydroxyl groups excluding tert-OH is 1. The van der Waals surface area contributed by atoms with Crippen molar-refractivity contribution in [1.82, 2.24) is 10.6 Å². The molecule has 7 heteroatoms. The second-order valence-electron chi connectivity index (χ2n) is 4.38. The lowest BCUT2D eigenvalue weighted by Gasteiger charge is -2.21. The molecule has 0 bridgehead atoms. The molecular weight excluding hydrogens is 284 g/mol. The molecule has 0 radical (unpaired) electrons. The molecule has 1 aromatic carbocycles. The van der Waals surface area contributed by atoms with Crippen LogP contribution in [0.15, 0.2) is 12.1 Å². The summed E-state index contributed by atoms with van der Waals surface area (Å²) >= 11 is 6.09. The third kappa shape index (κ3) is 3.53. The molecule has 0 spiro atoms. The highest BCUT2D eigenvalue weighted by Crippen LogP contribution is 2.39. The van der Waals surface area contributed by atoms with Gasteiger partial charge in [-0.05, 0) is 24.7 Å². The number of ether oxygens (including phenoxy) is 2. The van der Waals surface area contributed by atoms with Crippen LogP contribution in [-0.2, 0) is 4.79 Å². The molecule has 0 saturated heterocycles. The maximum atomic E-state index is 11.3. The molecule has 1 aromatic rings. The molecule has 6 nitrogen and oxygen atoms in total. The fraction of sp³-hybridized carbons (Fsp3) is 0.462. The van der Waals surface area contributed by atoms with Crippen molar-refractivity contribution in [2.45, 2.75) is 6.10 Å². The van der Waals surface area contributed by atoms with Crippen molar-refractivity contribution in [1.29, 1.82) is 0 Å². The lowest BCUT2D eigenvalue weighted by Crippen LogP contribution is -2.34.